The van der Waals surface area contributed by atoms with Gasteiger partial charge in [0.1, 0.15) is 5.75 Å². The highest BCUT2D eigenvalue weighted by Gasteiger charge is 2.11. The number of aliphatic imine (C=N–C) groups is 1. The molecule has 1 aliphatic rings. The minimum Gasteiger partial charge on any atom is -0.496 e. The number of hydrogen-bond donors (Lipinski definition) is 2. The van der Waals surface area contributed by atoms with E-state index in [4.69, 9.17) is 14.2 Å². The summed E-state index contributed by atoms with van der Waals surface area (Å²) in [4.78, 5) is 4.28. The van der Waals surface area contributed by atoms with Crippen LogP contribution in [-0.2, 0) is 6.54 Å². The third kappa shape index (κ3) is 5.90. The maximum Gasteiger partial charge on any atom is 0.195 e. The Bertz CT molecular complexity index is 802. The molecule has 2 N–H and O–H groups in total. The van der Waals surface area contributed by atoms with Gasteiger partial charge in [-0.2, -0.15) is 0 Å². The highest BCUT2D eigenvalue weighted by molar-refractivity contribution is 14.0. The fraction of sp³-hybridized carbons (Fsp3) is 0.316. The highest BCUT2D eigenvalue weighted by atomic mass is 127. The van der Waals surface area contributed by atoms with Crippen LogP contribution in [-0.4, -0.2) is 33.3 Å². The number of nitrogens with zero attached hydrogens (tertiary/aromatic N) is 1. The number of fused-ring (bicyclic) bond motifs is 1. The Morgan fingerprint density at radius 3 is 2.67 bits per heavy atom. The number of nitrogens with one attached hydrogen (secondary N) is 2. The van der Waals surface area contributed by atoms with Crippen LogP contribution in [0.3, 0.4) is 0 Å². The van der Waals surface area contributed by atoms with Crippen LogP contribution in [0.15, 0.2) is 45.9 Å². The SMILES string of the molecule is CN=C(NCc1cc(Br)ccc1OC)Nc1ccc2c(c1)OCCCO2.I. The van der Waals surface area contributed by atoms with Gasteiger partial charge >= 0.3 is 0 Å². The number of guanidine groups is 1. The van der Waals surface area contributed by atoms with Crippen molar-refractivity contribution in [3.05, 3.63) is 46.4 Å². The molecule has 146 valence electrons. The second-order valence-corrected chi connectivity index (χ2v) is 6.63. The van der Waals surface area contributed by atoms with Crippen molar-refractivity contribution in [1.29, 1.82) is 0 Å². The number of hydrogen-bond acceptors (Lipinski definition) is 4. The van der Waals surface area contributed by atoms with E-state index in [9.17, 15) is 0 Å². The zero-order chi connectivity index (χ0) is 18.4. The summed E-state index contributed by atoms with van der Waals surface area (Å²) in [5.74, 6) is 3.00. The molecule has 1 aliphatic heterocycles. The Balaban J connectivity index is 0.00000261. The van der Waals surface area contributed by atoms with Crippen molar-refractivity contribution in [2.24, 2.45) is 4.99 Å². The van der Waals surface area contributed by atoms with Crippen molar-refractivity contribution < 1.29 is 14.2 Å². The maximum atomic E-state index is 5.73. The van der Waals surface area contributed by atoms with Crippen molar-refractivity contribution in [1.82, 2.24) is 5.32 Å². The quantitative estimate of drug-likeness (QED) is 0.337. The normalized spacial score (nSPS) is 13.2. The molecule has 8 heteroatoms. The van der Waals surface area contributed by atoms with Crippen molar-refractivity contribution in [3.63, 3.8) is 0 Å². The van der Waals surface area contributed by atoms with Crippen molar-refractivity contribution in [3.8, 4) is 17.2 Å². The molecule has 3 rings (SSSR count). The molecule has 0 unspecified atom stereocenters. The van der Waals surface area contributed by atoms with E-state index < -0.39 is 0 Å². The van der Waals surface area contributed by atoms with Crippen LogP contribution < -0.4 is 24.8 Å². The molecule has 0 spiro atoms. The lowest BCUT2D eigenvalue weighted by Crippen LogP contribution is -2.30. The zero-order valence-electron chi connectivity index (χ0n) is 15.3. The second-order valence-electron chi connectivity index (χ2n) is 5.72. The first-order chi connectivity index (χ1) is 12.7. The van der Waals surface area contributed by atoms with Crippen LogP contribution in [0, 0.1) is 0 Å². The van der Waals surface area contributed by atoms with Gasteiger partial charge in [0.2, 0.25) is 0 Å². The minimum atomic E-state index is 0. The van der Waals surface area contributed by atoms with Gasteiger partial charge in [-0.15, -0.1) is 24.0 Å². The summed E-state index contributed by atoms with van der Waals surface area (Å²) in [6.07, 6.45) is 0.884. The maximum absolute atomic E-state index is 5.73. The van der Waals surface area contributed by atoms with Crippen molar-refractivity contribution >= 4 is 51.6 Å². The fourth-order valence-corrected chi connectivity index (χ4v) is 3.03. The molecule has 0 radical (unpaired) electrons. The van der Waals surface area contributed by atoms with Crippen LogP contribution in [0.25, 0.3) is 0 Å². The first-order valence-corrected chi connectivity index (χ1v) is 9.18. The van der Waals surface area contributed by atoms with E-state index in [0.29, 0.717) is 25.7 Å². The lowest BCUT2D eigenvalue weighted by Gasteiger charge is -2.15. The van der Waals surface area contributed by atoms with Gasteiger partial charge in [0.15, 0.2) is 17.5 Å². The lowest BCUT2D eigenvalue weighted by atomic mass is 10.2. The molecule has 0 saturated carbocycles. The van der Waals surface area contributed by atoms with Gasteiger partial charge in [-0.3, -0.25) is 4.99 Å². The molecule has 0 fully saturated rings. The average Bonchev–Trinajstić information content (AvgIpc) is 2.90. The van der Waals surface area contributed by atoms with E-state index in [-0.39, 0.29) is 24.0 Å². The topological polar surface area (TPSA) is 64.1 Å². The summed E-state index contributed by atoms with van der Waals surface area (Å²) in [5.41, 5.74) is 1.91. The van der Waals surface area contributed by atoms with Crippen LogP contribution in [0.5, 0.6) is 17.2 Å². The van der Waals surface area contributed by atoms with Crippen LogP contribution in [0.1, 0.15) is 12.0 Å². The number of anilines is 1. The second kappa shape index (κ2) is 10.6. The Kier molecular flexibility index (Phi) is 8.49. The fourth-order valence-electron chi connectivity index (χ4n) is 2.62. The molecule has 0 aromatic heterocycles. The number of methoxy groups -OCH3 is 1. The third-order valence-corrected chi connectivity index (χ3v) is 4.42. The van der Waals surface area contributed by atoms with Crippen molar-refractivity contribution in [2.45, 2.75) is 13.0 Å². The molecule has 6 nitrogen and oxygen atoms in total. The average molecular weight is 548 g/mol. The van der Waals surface area contributed by atoms with Gasteiger partial charge in [0, 0.05) is 41.8 Å². The van der Waals surface area contributed by atoms with Gasteiger partial charge in [0.25, 0.3) is 0 Å². The van der Waals surface area contributed by atoms with Crippen LogP contribution in [0.4, 0.5) is 5.69 Å². The molecule has 0 amide bonds. The summed E-state index contributed by atoms with van der Waals surface area (Å²) >= 11 is 3.49. The van der Waals surface area contributed by atoms with E-state index in [1.807, 2.05) is 36.4 Å². The summed E-state index contributed by atoms with van der Waals surface area (Å²) in [6.45, 7) is 1.91. The first-order valence-electron chi connectivity index (χ1n) is 8.39. The van der Waals surface area contributed by atoms with Gasteiger partial charge in [-0.1, -0.05) is 15.9 Å². The molecule has 0 saturated heterocycles. The Hall–Kier alpha value is -1.68. The summed E-state index contributed by atoms with van der Waals surface area (Å²) in [6, 6.07) is 11.7. The Morgan fingerprint density at radius 2 is 1.93 bits per heavy atom. The first kappa shape index (κ1) is 21.6. The molecule has 27 heavy (non-hydrogen) atoms. The summed E-state index contributed by atoms with van der Waals surface area (Å²) in [7, 11) is 3.40. The van der Waals surface area contributed by atoms with E-state index >= 15 is 0 Å². The largest absolute Gasteiger partial charge is 0.496 e. The summed E-state index contributed by atoms with van der Waals surface area (Å²) in [5, 5.41) is 6.57. The Labute approximate surface area is 184 Å². The van der Waals surface area contributed by atoms with Crippen LogP contribution >= 0.6 is 39.9 Å². The van der Waals surface area contributed by atoms with Gasteiger partial charge in [-0.25, -0.2) is 0 Å². The number of ether oxygens (including phenoxy) is 3. The highest BCUT2D eigenvalue weighted by Crippen LogP contribution is 2.32. The van der Waals surface area contributed by atoms with Gasteiger partial charge < -0.3 is 24.8 Å². The molecule has 0 bridgehead atoms. The van der Waals surface area contributed by atoms with Crippen LogP contribution in [0.2, 0.25) is 0 Å². The number of halogens is 2. The van der Waals surface area contributed by atoms with E-state index in [2.05, 4.69) is 31.6 Å². The smallest absolute Gasteiger partial charge is 0.195 e. The molecule has 0 aliphatic carbocycles. The van der Waals surface area contributed by atoms with E-state index in [1.165, 1.54) is 0 Å². The molecule has 2 aromatic carbocycles. The molecular weight excluding hydrogens is 525 g/mol. The zero-order valence-corrected chi connectivity index (χ0v) is 19.2. The summed E-state index contributed by atoms with van der Waals surface area (Å²) < 4.78 is 17.8. The molecule has 1 heterocycles. The standard InChI is InChI=1S/C19H22BrN3O3.HI/c1-21-19(22-12-13-10-14(20)4-6-16(13)24-2)23-15-5-7-17-18(11-15)26-9-3-8-25-17;/h4-7,10-11H,3,8-9,12H2,1-2H3,(H2,21,22,23);1H. The van der Waals surface area contributed by atoms with Gasteiger partial charge in [0.05, 0.1) is 20.3 Å². The van der Waals surface area contributed by atoms with Gasteiger partial charge in [-0.05, 0) is 30.3 Å². The lowest BCUT2D eigenvalue weighted by molar-refractivity contribution is 0.297. The predicted molar refractivity (Wildman–Crippen MR) is 122 cm³/mol. The number of benzene rings is 2. The molecule has 0 atom stereocenters. The van der Waals surface area contributed by atoms with E-state index in [0.717, 1.165) is 39.4 Å². The molecular formula is C19H23BrIN3O3. The molecule has 2 aromatic rings. The van der Waals surface area contributed by atoms with Crippen molar-refractivity contribution in [2.75, 3.05) is 32.7 Å². The van der Waals surface area contributed by atoms with E-state index in [1.54, 1.807) is 14.2 Å². The predicted octanol–water partition coefficient (Wildman–Crippen LogP) is 4.42. The third-order valence-electron chi connectivity index (χ3n) is 3.92. The Morgan fingerprint density at radius 1 is 1.15 bits per heavy atom. The number of rotatable bonds is 4. The minimum absolute atomic E-state index is 0. The monoisotopic (exact) mass is 547 g/mol.